The first-order valence-electron chi connectivity index (χ1n) is 0. The normalized spacial score (nSPS) is 0. The third kappa shape index (κ3) is 9.26. The fraction of sp³-hybridized carbons (Fsp3) is 0. The third-order valence-corrected chi connectivity index (χ3v) is 0. The molecule has 0 rings (SSSR count). The van der Waals surface area contributed by atoms with Crippen LogP contribution in [-0.2, 0) is 0 Å². The molecule has 0 N–H and O–H groups in total. The van der Waals surface area contributed by atoms with Crippen LogP contribution in [0.2, 0.25) is 0 Å². The summed E-state index contributed by atoms with van der Waals surface area (Å²) in [6.45, 7) is 0. The molecule has 4 heavy (non-hydrogen) atoms. The van der Waals surface area contributed by atoms with Crippen LogP contribution in [0.25, 0.3) is 0 Å². The summed E-state index contributed by atoms with van der Waals surface area (Å²) in [6, 6.07) is 0. The van der Waals surface area contributed by atoms with Gasteiger partial charge in [-0.25, -0.2) is 0 Å². The van der Waals surface area contributed by atoms with Gasteiger partial charge < -0.3 is 0 Å². The largest absolute Gasteiger partial charge is 0.316 e. The molecule has 0 aromatic rings. The van der Waals surface area contributed by atoms with Gasteiger partial charge in [0.1, 0.15) is 0 Å². The summed E-state index contributed by atoms with van der Waals surface area (Å²) < 4.78 is 0. The van der Waals surface area contributed by atoms with E-state index in [4.69, 9.17) is 0 Å². The van der Waals surface area contributed by atoms with Crippen LogP contribution < -0.4 is 0 Å². The van der Waals surface area contributed by atoms with E-state index in [-0.39, 0.29) is 116 Å². The van der Waals surface area contributed by atoms with Crippen molar-refractivity contribution in [1.29, 1.82) is 0 Å². The maximum atomic E-state index is 0. The molecule has 0 saturated carbocycles. The molecule has 0 amide bonds. The minimum Gasteiger partial charge on any atom is 0.316 e. The number of hydrogen-bond donors (Lipinski definition) is 0. The van der Waals surface area contributed by atoms with E-state index in [1.54, 1.807) is 0 Å². The predicted octanol–water partition coefficient (Wildman–Crippen LogP) is -3.93. The summed E-state index contributed by atoms with van der Waals surface area (Å²) in [5.74, 6) is 0. The molecule has 0 aliphatic heterocycles. The SMILES string of the molecule is [AlH3].[CaH2].[CaH2].[MgH2]. The van der Waals surface area contributed by atoms with Gasteiger partial charge in [-0.15, -0.1) is 0 Å². The van der Waals surface area contributed by atoms with Gasteiger partial charge in [0.05, 0.1) is 0 Å². The second-order valence-corrected chi connectivity index (χ2v) is 0. The van der Waals surface area contributed by atoms with Gasteiger partial charge in [0.2, 0.25) is 0 Å². The molecule has 0 saturated heterocycles. The van der Waals surface area contributed by atoms with E-state index in [0.29, 0.717) is 0 Å². The molecule has 0 spiro atoms. The monoisotopic (exact) mass is 140 g/mol. The van der Waals surface area contributed by atoms with Crippen molar-refractivity contribution in [3.8, 4) is 0 Å². The Labute approximate surface area is 113 Å². The van der Waals surface area contributed by atoms with Gasteiger partial charge in [0, 0.05) is 0 Å². The zero-order valence-electron chi connectivity index (χ0n) is 0. The van der Waals surface area contributed by atoms with Crippen LogP contribution in [0.1, 0.15) is 0 Å². The molecule has 0 fully saturated rings. The third-order valence-electron chi connectivity index (χ3n) is 0. The predicted molar refractivity (Wildman–Crippen MR) is 35.6 cm³/mol. The maximum absolute atomic E-state index is 0. The fourth-order valence-corrected chi connectivity index (χ4v) is 0. The van der Waals surface area contributed by atoms with Gasteiger partial charge in [-0.1, -0.05) is 0 Å². The van der Waals surface area contributed by atoms with Crippen molar-refractivity contribution < 1.29 is 0 Å². The fourth-order valence-electron chi connectivity index (χ4n) is 0. The summed E-state index contributed by atoms with van der Waals surface area (Å²) in [5.41, 5.74) is 0. The van der Waals surface area contributed by atoms with Crippen molar-refractivity contribution in [2.45, 2.75) is 0 Å². The Morgan fingerprint density at radius 3 is 0.750 bits per heavy atom. The van der Waals surface area contributed by atoms with Crippen LogP contribution in [-0.4, -0.2) is 116 Å². The van der Waals surface area contributed by atoms with E-state index in [1.807, 2.05) is 0 Å². The molecule has 0 radical (unpaired) electrons. The van der Waals surface area contributed by atoms with Crippen molar-refractivity contribution >= 4 is 116 Å². The van der Waals surface area contributed by atoms with E-state index in [1.165, 1.54) is 0 Å². The zero-order chi connectivity index (χ0) is 0. The topological polar surface area (TPSA) is 0 Å². The van der Waals surface area contributed by atoms with Crippen molar-refractivity contribution in [2.24, 2.45) is 0 Å². The van der Waals surface area contributed by atoms with E-state index in [9.17, 15) is 0 Å². The second-order valence-electron chi connectivity index (χ2n) is 0. The summed E-state index contributed by atoms with van der Waals surface area (Å²) in [7, 11) is 0. The van der Waals surface area contributed by atoms with Crippen LogP contribution in [0.15, 0.2) is 0 Å². The first-order chi connectivity index (χ1) is 0. The second kappa shape index (κ2) is 15.8. The molecule has 0 aromatic carbocycles. The van der Waals surface area contributed by atoms with E-state index >= 15 is 0 Å². The van der Waals surface area contributed by atoms with Gasteiger partial charge >= 0.3 is 98.5 Å². The Morgan fingerprint density at radius 2 is 0.750 bits per heavy atom. The van der Waals surface area contributed by atoms with E-state index < -0.39 is 0 Å². The molecular formula is H9AlCa2Mg. The van der Waals surface area contributed by atoms with Crippen LogP contribution in [0, 0.1) is 0 Å². The van der Waals surface area contributed by atoms with Crippen LogP contribution >= 0.6 is 0 Å². The number of hydrogen-bond acceptors (Lipinski definition) is 0. The Bertz CT molecular complexity index is 6.00. The molecule has 18 valence electrons. The minimum atomic E-state index is 0. The molecule has 0 heterocycles. The standard InChI is InChI=1S/Al.2Ca.Mg.9H. The summed E-state index contributed by atoms with van der Waals surface area (Å²) in [5, 5.41) is 0. The van der Waals surface area contributed by atoms with Gasteiger partial charge in [0.25, 0.3) is 0 Å². The van der Waals surface area contributed by atoms with Crippen LogP contribution in [0.3, 0.4) is 0 Å². The Hall–Kier alpha value is 3.82. The quantitative estimate of drug-likeness (QED) is 0.302. The molecule has 0 atom stereocenters. The molecule has 0 aliphatic carbocycles. The first kappa shape index (κ1) is 24.9. The first-order valence-corrected chi connectivity index (χ1v) is 0. The molecular weight excluding hydrogens is 131 g/mol. The average Bonchev–Trinajstić information content (AvgIpc) is 0. The van der Waals surface area contributed by atoms with E-state index in [0.717, 1.165) is 0 Å². The Balaban J connectivity index is 0. The summed E-state index contributed by atoms with van der Waals surface area (Å²) in [4.78, 5) is 0. The Morgan fingerprint density at radius 1 is 0.750 bits per heavy atom. The average molecular weight is 141 g/mol. The van der Waals surface area contributed by atoms with Gasteiger partial charge in [-0.05, 0) is 0 Å². The van der Waals surface area contributed by atoms with E-state index in [2.05, 4.69) is 0 Å². The molecule has 0 aliphatic rings. The van der Waals surface area contributed by atoms with Crippen LogP contribution in [0.4, 0.5) is 0 Å². The molecule has 0 unspecified atom stereocenters. The molecule has 4 heteroatoms. The molecule has 0 bridgehead atoms. The van der Waals surface area contributed by atoms with Gasteiger partial charge in [0.15, 0.2) is 17.4 Å². The number of rotatable bonds is 0. The van der Waals surface area contributed by atoms with Crippen molar-refractivity contribution in [1.82, 2.24) is 0 Å². The summed E-state index contributed by atoms with van der Waals surface area (Å²) >= 11 is 0. The molecule has 0 aromatic heterocycles. The smallest absolute Gasteiger partial charge is 0.316 e. The minimum absolute atomic E-state index is 0. The summed E-state index contributed by atoms with van der Waals surface area (Å²) in [6.07, 6.45) is 0. The zero-order valence-corrected chi connectivity index (χ0v) is 0. The Kier molecular flexibility index (Phi) is 98.7. The van der Waals surface area contributed by atoms with Crippen molar-refractivity contribution in [3.05, 3.63) is 0 Å². The maximum Gasteiger partial charge on any atom is 0.316 e. The van der Waals surface area contributed by atoms with Crippen molar-refractivity contribution in [3.63, 3.8) is 0 Å². The molecule has 0 nitrogen and oxygen atoms in total. The van der Waals surface area contributed by atoms with Gasteiger partial charge in [-0.2, -0.15) is 0 Å². The van der Waals surface area contributed by atoms with Crippen molar-refractivity contribution in [2.75, 3.05) is 0 Å². The van der Waals surface area contributed by atoms with Gasteiger partial charge in [-0.3, -0.25) is 0 Å². The van der Waals surface area contributed by atoms with Crippen LogP contribution in [0.5, 0.6) is 0 Å².